The number of nitrogens with zero attached hydrogens (tertiary/aromatic N) is 5. The van der Waals surface area contributed by atoms with E-state index < -0.39 is 0 Å². The van der Waals surface area contributed by atoms with Gasteiger partial charge in [-0.2, -0.15) is 5.10 Å². The van der Waals surface area contributed by atoms with E-state index >= 15 is 0 Å². The van der Waals surface area contributed by atoms with Crippen molar-refractivity contribution in [1.29, 1.82) is 0 Å². The van der Waals surface area contributed by atoms with E-state index in [0.29, 0.717) is 32.2 Å². The number of ether oxygens (including phenoxy) is 2. The fourth-order valence-electron chi connectivity index (χ4n) is 3.90. The molecule has 2 saturated heterocycles. The van der Waals surface area contributed by atoms with Crippen LogP contribution in [0, 0.1) is 0 Å². The summed E-state index contributed by atoms with van der Waals surface area (Å²) < 4.78 is 11.6. The van der Waals surface area contributed by atoms with Crippen LogP contribution in [0.3, 0.4) is 0 Å². The minimum Gasteiger partial charge on any atom is -0.447 e. The maximum absolute atomic E-state index is 12.1. The number of carbonyl (C=O) groups is 1. The van der Waals surface area contributed by atoms with Gasteiger partial charge in [0, 0.05) is 24.0 Å². The zero-order chi connectivity index (χ0) is 20.1. The SMILES string of the molecule is O=C1OCCN1c1cc2nc(-c3cccc4[nH]ncc34)nc(N3CCOCC3)c2s1. The van der Waals surface area contributed by atoms with Gasteiger partial charge in [0.25, 0.3) is 0 Å². The van der Waals surface area contributed by atoms with Gasteiger partial charge in [0.2, 0.25) is 0 Å². The first kappa shape index (κ1) is 17.6. The van der Waals surface area contributed by atoms with Gasteiger partial charge in [0.1, 0.15) is 11.6 Å². The number of carbonyl (C=O) groups excluding carboxylic acids is 1. The number of cyclic esters (lactones) is 1. The van der Waals surface area contributed by atoms with Crippen LogP contribution in [-0.2, 0) is 9.47 Å². The van der Waals surface area contributed by atoms with Crippen molar-refractivity contribution >= 4 is 49.4 Å². The monoisotopic (exact) mass is 422 g/mol. The molecule has 5 heterocycles. The molecule has 0 bridgehead atoms. The van der Waals surface area contributed by atoms with E-state index in [1.807, 2.05) is 24.3 Å². The summed E-state index contributed by atoms with van der Waals surface area (Å²) in [6.45, 7) is 3.81. The molecule has 30 heavy (non-hydrogen) atoms. The Bertz CT molecular complexity index is 1260. The third-order valence-electron chi connectivity index (χ3n) is 5.40. The lowest BCUT2D eigenvalue weighted by Crippen LogP contribution is -2.36. The average Bonchev–Trinajstić information content (AvgIpc) is 3.52. The topological polar surface area (TPSA) is 96.5 Å². The van der Waals surface area contributed by atoms with Gasteiger partial charge in [-0.15, -0.1) is 11.3 Å². The summed E-state index contributed by atoms with van der Waals surface area (Å²) in [6.07, 6.45) is 1.48. The fourth-order valence-corrected chi connectivity index (χ4v) is 5.03. The van der Waals surface area contributed by atoms with Gasteiger partial charge in [0.15, 0.2) is 11.6 Å². The summed E-state index contributed by atoms with van der Waals surface area (Å²) in [5, 5.41) is 8.97. The molecule has 0 unspecified atom stereocenters. The summed E-state index contributed by atoms with van der Waals surface area (Å²) in [4.78, 5) is 25.8. The quantitative estimate of drug-likeness (QED) is 0.542. The first-order valence-corrected chi connectivity index (χ1v) is 10.6. The van der Waals surface area contributed by atoms with Crippen molar-refractivity contribution in [2.75, 3.05) is 49.3 Å². The van der Waals surface area contributed by atoms with Crippen molar-refractivity contribution in [2.24, 2.45) is 0 Å². The largest absolute Gasteiger partial charge is 0.447 e. The Hall–Kier alpha value is -3.24. The minimum absolute atomic E-state index is 0.314. The molecule has 2 aliphatic rings. The average molecular weight is 422 g/mol. The molecule has 4 aromatic rings. The first-order chi connectivity index (χ1) is 14.8. The molecule has 0 radical (unpaired) electrons. The summed E-state index contributed by atoms with van der Waals surface area (Å²) in [5.74, 6) is 1.52. The van der Waals surface area contributed by atoms with E-state index in [2.05, 4.69) is 15.1 Å². The van der Waals surface area contributed by atoms with Crippen LogP contribution in [-0.4, -0.2) is 65.7 Å². The van der Waals surface area contributed by atoms with Crippen LogP contribution < -0.4 is 9.80 Å². The number of rotatable bonds is 3. The van der Waals surface area contributed by atoms with Gasteiger partial charge in [0.05, 0.1) is 41.7 Å². The summed E-state index contributed by atoms with van der Waals surface area (Å²) >= 11 is 1.53. The molecule has 2 fully saturated rings. The second kappa shape index (κ2) is 6.92. The van der Waals surface area contributed by atoms with Gasteiger partial charge in [-0.25, -0.2) is 14.8 Å². The van der Waals surface area contributed by atoms with E-state index in [1.165, 1.54) is 11.3 Å². The molecule has 9 nitrogen and oxygen atoms in total. The van der Waals surface area contributed by atoms with Crippen LogP contribution in [0.1, 0.15) is 0 Å². The van der Waals surface area contributed by atoms with Gasteiger partial charge >= 0.3 is 6.09 Å². The lowest BCUT2D eigenvalue weighted by Gasteiger charge is -2.28. The van der Waals surface area contributed by atoms with Crippen molar-refractivity contribution in [3.63, 3.8) is 0 Å². The molecule has 6 rings (SSSR count). The number of hydrogen-bond acceptors (Lipinski definition) is 8. The second-order valence-corrected chi connectivity index (χ2v) is 8.20. The molecular weight excluding hydrogens is 404 g/mol. The predicted octanol–water partition coefficient (Wildman–Crippen LogP) is 3.03. The smallest absolute Gasteiger partial charge is 0.415 e. The Balaban J connectivity index is 1.55. The number of amides is 1. The summed E-state index contributed by atoms with van der Waals surface area (Å²) in [6, 6.07) is 7.91. The van der Waals surface area contributed by atoms with Crippen molar-refractivity contribution in [2.45, 2.75) is 0 Å². The fraction of sp³-hybridized carbons (Fsp3) is 0.300. The number of nitrogens with one attached hydrogen (secondary N) is 1. The van der Waals surface area contributed by atoms with E-state index in [4.69, 9.17) is 19.4 Å². The van der Waals surface area contributed by atoms with Crippen LogP contribution in [0.5, 0.6) is 0 Å². The number of anilines is 2. The third-order valence-corrected chi connectivity index (χ3v) is 6.55. The van der Waals surface area contributed by atoms with Gasteiger partial charge in [-0.3, -0.25) is 10.00 Å². The maximum Gasteiger partial charge on any atom is 0.415 e. The highest BCUT2D eigenvalue weighted by atomic mass is 32.1. The molecule has 152 valence electrons. The number of hydrogen-bond donors (Lipinski definition) is 1. The number of fused-ring (bicyclic) bond motifs is 2. The Morgan fingerprint density at radius 3 is 2.83 bits per heavy atom. The number of H-pyrrole nitrogens is 1. The summed E-state index contributed by atoms with van der Waals surface area (Å²) in [7, 11) is 0. The van der Waals surface area contributed by atoms with Crippen LogP contribution in [0.2, 0.25) is 0 Å². The van der Waals surface area contributed by atoms with Crippen molar-refractivity contribution in [3.8, 4) is 11.4 Å². The van der Waals surface area contributed by atoms with Crippen molar-refractivity contribution in [3.05, 3.63) is 30.5 Å². The lowest BCUT2D eigenvalue weighted by atomic mass is 10.1. The highest BCUT2D eigenvalue weighted by Crippen LogP contribution is 2.39. The van der Waals surface area contributed by atoms with E-state index in [0.717, 1.165) is 50.6 Å². The molecule has 3 aromatic heterocycles. The molecule has 0 spiro atoms. The van der Waals surface area contributed by atoms with Crippen LogP contribution in [0.15, 0.2) is 30.5 Å². The molecule has 0 aliphatic carbocycles. The Labute approximate surface area is 175 Å². The van der Waals surface area contributed by atoms with E-state index in [-0.39, 0.29) is 6.09 Å². The molecule has 10 heteroatoms. The van der Waals surface area contributed by atoms with Crippen molar-refractivity contribution in [1.82, 2.24) is 20.2 Å². The van der Waals surface area contributed by atoms with Gasteiger partial charge in [-0.1, -0.05) is 12.1 Å². The molecule has 0 atom stereocenters. The van der Waals surface area contributed by atoms with Gasteiger partial charge < -0.3 is 14.4 Å². The predicted molar refractivity (Wildman–Crippen MR) is 114 cm³/mol. The third kappa shape index (κ3) is 2.79. The molecule has 2 aliphatic heterocycles. The second-order valence-electron chi connectivity index (χ2n) is 7.17. The molecule has 0 saturated carbocycles. The Morgan fingerprint density at radius 2 is 2.00 bits per heavy atom. The molecule has 1 amide bonds. The number of benzene rings is 1. The van der Waals surface area contributed by atoms with Gasteiger partial charge in [-0.05, 0) is 12.1 Å². The van der Waals surface area contributed by atoms with E-state index in [9.17, 15) is 4.79 Å². The number of thiophene rings is 1. The van der Waals surface area contributed by atoms with Crippen LogP contribution in [0.25, 0.3) is 32.5 Å². The standard InChI is InChI=1S/C20H18N6O3S/c27-20-26(6-9-29-20)16-10-15-17(30-16)19(25-4-7-28-8-5-25)23-18(22-15)12-2-1-3-14-13(12)11-21-24-14/h1-3,10-11H,4-9H2,(H,21,24). The minimum atomic E-state index is -0.314. The number of morpholine rings is 1. The molecular formula is C20H18N6O3S. The highest BCUT2D eigenvalue weighted by Gasteiger charge is 2.27. The van der Waals surface area contributed by atoms with Crippen LogP contribution in [0.4, 0.5) is 15.6 Å². The molecule has 1 N–H and O–H groups in total. The normalized spacial score (nSPS) is 17.3. The zero-order valence-electron chi connectivity index (χ0n) is 16.0. The summed E-state index contributed by atoms with van der Waals surface area (Å²) in [5.41, 5.74) is 2.68. The zero-order valence-corrected chi connectivity index (χ0v) is 16.8. The van der Waals surface area contributed by atoms with Crippen LogP contribution >= 0.6 is 11.3 Å². The van der Waals surface area contributed by atoms with Crippen molar-refractivity contribution < 1.29 is 14.3 Å². The number of aromatic nitrogens is 4. The maximum atomic E-state index is 12.1. The Kier molecular flexibility index (Phi) is 4.06. The molecule has 1 aromatic carbocycles. The highest BCUT2D eigenvalue weighted by molar-refractivity contribution is 7.23. The first-order valence-electron chi connectivity index (χ1n) is 9.79. The van der Waals surface area contributed by atoms with E-state index in [1.54, 1.807) is 11.1 Å². The lowest BCUT2D eigenvalue weighted by molar-refractivity contribution is 0.122. The number of aromatic amines is 1. The Morgan fingerprint density at radius 1 is 1.10 bits per heavy atom.